The van der Waals surface area contributed by atoms with Crippen LogP contribution >= 0.6 is 23.1 Å². The van der Waals surface area contributed by atoms with Crippen molar-refractivity contribution < 1.29 is 4.79 Å². The lowest BCUT2D eigenvalue weighted by atomic mass is 10.0. The first kappa shape index (κ1) is 19.2. The highest BCUT2D eigenvalue weighted by atomic mass is 32.2. The second-order valence-corrected chi connectivity index (χ2v) is 8.88. The SMILES string of the molecule is CC[C@H]1CCCCN1C(=O)CSc1nnc(Nc2cccc(C)c2C)s1. The summed E-state index contributed by atoms with van der Waals surface area (Å²) in [5.41, 5.74) is 3.50. The van der Waals surface area contributed by atoms with Gasteiger partial charge in [-0.05, 0) is 56.7 Å². The number of piperidine rings is 1. The number of nitrogens with zero attached hydrogens (tertiary/aromatic N) is 3. The Hall–Kier alpha value is -1.60. The molecule has 2 aromatic rings. The molecule has 0 aliphatic carbocycles. The first-order valence-electron chi connectivity index (χ1n) is 9.17. The number of amides is 1. The van der Waals surface area contributed by atoms with Crippen molar-refractivity contribution in [3.8, 4) is 0 Å². The van der Waals surface area contributed by atoms with Gasteiger partial charge in [0.15, 0.2) is 4.34 Å². The highest BCUT2D eigenvalue weighted by Gasteiger charge is 2.25. The van der Waals surface area contributed by atoms with Gasteiger partial charge >= 0.3 is 0 Å². The fourth-order valence-electron chi connectivity index (χ4n) is 3.28. The molecule has 0 spiro atoms. The van der Waals surface area contributed by atoms with Crippen molar-refractivity contribution in [2.24, 2.45) is 0 Å². The van der Waals surface area contributed by atoms with Crippen LogP contribution in [0, 0.1) is 13.8 Å². The average molecular weight is 391 g/mol. The molecule has 1 atom stereocenters. The van der Waals surface area contributed by atoms with Crippen LogP contribution in [0.2, 0.25) is 0 Å². The van der Waals surface area contributed by atoms with Crippen LogP contribution in [-0.2, 0) is 4.79 Å². The third-order valence-corrected chi connectivity index (χ3v) is 6.95. The fourth-order valence-corrected chi connectivity index (χ4v) is 4.93. The van der Waals surface area contributed by atoms with E-state index in [1.807, 2.05) is 12.1 Å². The van der Waals surface area contributed by atoms with E-state index in [2.05, 4.69) is 47.3 Å². The van der Waals surface area contributed by atoms with E-state index >= 15 is 0 Å². The molecule has 1 N–H and O–H groups in total. The summed E-state index contributed by atoms with van der Waals surface area (Å²) >= 11 is 2.98. The topological polar surface area (TPSA) is 58.1 Å². The number of aromatic nitrogens is 2. The largest absolute Gasteiger partial charge is 0.339 e. The second-order valence-electron chi connectivity index (χ2n) is 6.68. The molecule has 0 saturated carbocycles. The first-order chi connectivity index (χ1) is 12.6. The zero-order valence-electron chi connectivity index (χ0n) is 15.6. The van der Waals surface area contributed by atoms with Crippen LogP contribution in [-0.4, -0.2) is 39.3 Å². The van der Waals surface area contributed by atoms with Crippen LogP contribution < -0.4 is 5.32 Å². The molecule has 26 heavy (non-hydrogen) atoms. The van der Waals surface area contributed by atoms with Gasteiger partial charge in [0.2, 0.25) is 11.0 Å². The van der Waals surface area contributed by atoms with E-state index in [4.69, 9.17) is 0 Å². The molecule has 3 rings (SSSR count). The molecule has 140 valence electrons. The molecular formula is C19H26N4OS2. The third kappa shape index (κ3) is 4.57. The number of aryl methyl sites for hydroxylation is 1. The summed E-state index contributed by atoms with van der Waals surface area (Å²) in [4.78, 5) is 14.6. The minimum absolute atomic E-state index is 0.223. The fraction of sp³-hybridized carbons (Fsp3) is 0.526. The zero-order chi connectivity index (χ0) is 18.5. The Morgan fingerprint density at radius 2 is 2.19 bits per heavy atom. The van der Waals surface area contributed by atoms with E-state index in [0.717, 1.165) is 41.0 Å². The maximum absolute atomic E-state index is 12.6. The minimum atomic E-state index is 0.223. The van der Waals surface area contributed by atoms with Crippen molar-refractivity contribution in [1.29, 1.82) is 0 Å². The van der Waals surface area contributed by atoms with Gasteiger partial charge in [0.05, 0.1) is 5.75 Å². The second kappa shape index (κ2) is 8.86. The number of hydrogen-bond donors (Lipinski definition) is 1. The number of benzene rings is 1. The maximum atomic E-state index is 12.6. The molecule has 5 nitrogen and oxygen atoms in total. The molecule has 0 unspecified atom stereocenters. The number of anilines is 2. The van der Waals surface area contributed by atoms with Crippen LogP contribution in [0.3, 0.4) is 0 Å². The summed E-state index contributed by atoms with van der Waals surface area (Å²) < 4.78 is 0.830. The summed E-state index contributed by atoms with van der Waals surface area (Å²) in [5, 5.41) is 12.5. The quantitative estimate of drug-likeness (QED) is 0.719. The van der Waals surface area contributed by atoms with Crippen LogP contribution in [0.5, 0.6) is 0 Å². The molecule has 0 radical (unpaired) electrons. The van der Waals surface area contributed by atoms with Crippen LogP contribution in [0.25, 0.3) is 0 Å². The average Bonchev–Trinajstić information content (AvgIpc) is 3.11. The molecular weight excluding hydrogens is 364 g/mol. The standard InChI is InChI=1S/C19H26N4OS2/c1-4-15-9-5-6-11-23(15)17(24)12-25-19-22-21-18(26-19)20-16-10-7-8-13(2)14(16)3/h7-8,10,15H,4-6,9,11-12H2,1-3H3,(H,20,21)/t15-/m0/s1. The Morgan fingerprint density at radius 1 is 1.35 bits per heavy atom. The van der Waals surface area contributed by atoms with Crippen LogP contribution in [0.15, 0.2) is 22.5 Å². The van der Waals surface area contributed by atoms with Gasteiger partial charge in [0, 0.05) is 18.3 Å². The molecule has 1 fully saturated rings. The number of hydrogen-bond acceptors (Lipinski definition) is 6. The number of carbonyl (C=O) groups excluding carboxylic acids is 1. The van der Waals surface area contributed by atoms with Crippen molar-refractivity contribution in [1.82, 2.24) is 15.1 Å². The Balaban J connectivity index is 1.56. The summed E-state index contributed by atoms with van der Waals surface area (Å²) in [6, 6.07) is 6.58. The summed E-state index contributed by atoms with van der Waals surface area (Å²) in [6.07, 6.45) is 4.53. The molecule has 1 aromatic heterocycles. The number of carbonyl (C=O) groups is 1. The Bertz CT molecular complexity index is 762. The number of nitrogens with one attached hydrogen (secondary N) is 1. The molecule has 0 bridgehead atoms. The van der Waals surface area contributed by atoms with E-state index in [1.165, 1.54) is 40.6 Å². The van der Waals surface area contributed by atoms with Crippen LogP contribution in [0.1, 0.15) is 43.7 Å². The highest BCUT2D eigenvalue weighted by molar-refractivity contribution is 8.01. The van der Waals surface area contributed by atoms with Crippen molar-refractivity contribution in [3.63, 3.8) is 0 Å². The van der Waals surface area contributed by atoms with Crippen molar-refractivity contribution in [2.45, 2.75) is 56.8 Å². The molecule has 1 aliphatic rings. The van der Waals surface area contributed by atoms with E-state index < -0.39 is 0 Å². The van der Waals surface area contributed by atoms with Crippen molar-refractivity contribution in [3.05, 3.63) is 29.3 Å². The molecule has 1 aromatic carbocycles. The molecule has 2 heterocycles. The van der Waals surface area contributed by atoms with Gasteiger partial charge in [-0.3, -0.25) is 4.79 Å². The predicted octanol–water partition coefficient (Wildman–Crippen LogP) is 4.78. The molecule has 1 amide bonds. The Morgan fingerprint density at radius 3 is 3.00 bits per heavy atom. The summed E-state index contributed by atoms with van der Waals surface area (Å²) in [7, 11) is 0. The van der Waals surface area contributed by atoms with E-state index in [-0.39, 0.29) is 5.91 Å². The Labute approximate surface area is 163 Å². The van der Waals surface area contributed by atoms with E-state index in [0.29, 0.717) is 11.8 Å². The maximum Gasteiger partial charge on any atom is 0.233 e. The summed E-state index contributed by atoms with van der Waals surface area (Å²) in [5.74, 6) is 0.662. The minimum Gasteiger partial charge on any atom is -0.339 e. The number of likely N-dealkylation sites (tertiary alicyclic amines) is 1. The van der Waals surface area contributed by atoms with Crippen LogP contribution in [0.4, 0.5) is 10.8 Å². The molecule has 1 saturated heterocycles. The zero-order valence-corrected chi connectivity index (χ0v) is 17.3. The Kier molecular flexibility index (Phi) is 6.53. The summed E-state index contributed by atoms with van der Waals surface area (Å²) in [6.45, 7) is 7.25. The van der Waals surface area contributed by atoms with Gasteiger partial charge in [0.25, 0.3) is 0 Å². The van der Waals surface area contributed by atoms with E-state index in [9.17, 15) is 4.79 Å². The molecule has 1 aliphatic heterocycles. The lowest BCUT2D eigenvalue weighted by Crippen LogP contribution is -2.44. The van der Waals surface area contributed by atoms with Gasteiger partial charge in [-0.1, -0.05) is 42.2 Å². The van der Waals surface area contributed by atoms with Gasteiger partial charge in [-0.25, -0.2) is 0 Å². The highest BCUT2D eigenvalue weighted by Crippen LogP contribution is 2.30. The predicted molar refractivity (Wildman–Crippen MR) is 109 cm³/mol. The lowest BCUT2D eigenvalue weighted by molar-refractivity contribution is -0.132. The number of thioether (sulfide) groups is 1. The normalized spacial score (nSPS) is 17.3. The van der Waals surface area contributed by atoms with Crippen molar-refractivity contribution in [2.75, 3.05) is 17.6 Å². The van der Waals surface area contributed by atoms with E-state index in [1.54, 1.807) is 0 Å². The van der Waals surface area contributed by atoms with Gasteiger partial charge < -0.3 is 10.2 Å². The monoisotopic (exact) mass is 390 g/mol. The molecule has 7 heteroatoms. The lowest BCUT2D eigenvalue weighted by Gasteiger charge is -2.35. The van der Waals surface area contributed by atoms with Gasteiger partial charge in [0.1, 0.15) is 0 Å². The third-order valence-electron chi connectivity index (χ3n) is 4.99. The van der Waals surface area contributed by atoms with Gasteiger partial charge in [-0.2, -0.15) is 0 Å². The first-order valence-corrected chi connectivity index (χ1v) is 11.0. The smallest absolute Gasteiger partial charge is 0.233 e. The number of rotatable bonds is 6. The van der Waals surface area contributed by atoms with Crippen molar-refractivity contribution >= 4 is 39.8 Å². The van der Waals surface area contributed by atoms with Gasteiger partial charge in [-0.15, -0.1) is 10.2 Å².